The van der Waals surface area contributed by atoms with Gasteiger partial charge in [-0.05, 0) is 53.4 Å². The molecule has 1 N–H and O–H groups in total. The summed E-state index contributed by atoms with van der Waals surface area (Å²) in [5.74, 6) is -1.36. The second-order valence-corrected chi connectivity index (χ2v) is 9.69. The molecule has 1 amide bonds. The highest BCUT2D eigenvalue weighted by molar-refractivity contribution is 7.92. The van der Waals surface area contributed by atoms with Crippen molar-refractivity contribution in [2.45, 2.75) is 42.4 Å². The molecule has 1 aliphatic carbocycles. The maximum absolute atomic E-state index is 14.3. The van der Waals surface area contributed by atoms with E-state index < -0.39 is 26.8 Å². The maximum atomic E-state index is 14.3. The number of carbonyl (C=O) groups excluding carboxylic acids is 1. The van der Waals surface area contributed by atoms with E-state index in [2.05, 4.69) is 5.32 Å². The van der Waals surface area contributed by atoms with Gasteiger partial charge in [0.15, 0.2) is 9.84 Å². The summed E-state index contributed by atoms with van der Waals surface area (Å²) in [4.78, 5) is 12.6. The van der Waals surface area contributed by atoms with Crippen molar-refractivity contribution in [3.05, 3.63) is 77.6 Å². The van der Waals surface area contributed by atoms with E-state index in [4.69, 9.17) is 0 Å². The molecule has 4 nitrogen and oxygen atoms in total. The number of hydrogen-bond donors (Lipinski definition) is 1. The molecular weight excluding hydrogens is 389 g/mol. The molecular formula is C23H22FNO3S. The van der Waals surface area contributed by atoms with Crippen LogP contribution in [0.1, 0.15) is 41.6 Å². The van der Waals surface area contributed by atoms with Gasteiger partial charge < -0.3 is 5.32 Å². The standard InChI is InChI=1S/C23H22FNO3S/c24-22-12-11-20(29(27,28)19-7-3-4-8-19)14-21(22)23(26)25-15-16-9-10-17-5-1-2-6-18(17)13-16/h1-2,5-6,9-14,19H,3-4,7-8,15H2,(H,25,26). The highest BCUT2D eigenvalue weighted by Gasteiger charge is 2.31. The average Bonchev–Trinajstić information content (AvgIpc) is 3.28. The van der Waals surface area contributed by atoms with Crippen LogP contribution in [0, 0.1) is 5.82 Å². The Morgan fingerprint density at radius 2 is 1.69 bits per heavy atom. The zero-order valence-electron chi connectivity index (χ0n) is 15.9. The Hall–Kier alpha value is -2.73. The summed E-state index contributed by atoms with van der Waals surface area (Å²) in [6, 6.07) is 17.2. The summed E-state index contributed by atoms with van der Waals surface area (Å²) in [5.41, 5.74) is 0.636. The number of fused-ring (bicyclic) bond motifs is 1. The molecule has 0 saturated heterocycles. The lowest BCUT2D eigenvalue weighted by Crippen LogP contribution is -2.25. The highest BCUT2D eigenvalue weighted by Crippen LogP contribution is 2.30. The van der Waals surface area contributed by atoms with E-state index >= 15 is 0 Å². The Morgan fingerprint density at radius 1 is 0.966 bits per heavy atom. The molecule has 0 atom stereocenters. The maximum Gasteiger partial charge on any atom is 0.254 e. The van der Waals surface area contributed by atoms with Crippen LogP contribution in [0.2, 0.25) is 0 Å². The van der Waals surface area contributed by atoms with Crippen LogP contribution in [0.25, 0.3) is 10.8 Å². The normalized spacial score (nSPS) is 14.9. The minimum atomic E-state index is -3.55. The summed E-state index contributed by atoms with van der Waals surface area (Å²) >= 11 is 0. The number of amides is 1. The molecule has 0 aliphatic heterocycles. The van der Waals surface area contributed by atoms with Gasteiger partial charge in [0, 0.05) is 6.54 Å². The van der Waals surface area contributed by atoms with E-state index in [9.17, 15) is 17.6 Å². The first kappa shape index (κ1) is 19.6. The topological polar surface area (TPSA) is 63.2 Å². The first-order chi connectivity index (χ1) is 13.9. The van der Waals surface area contributed by atoms with Gasteiger partial charge in [-0.2, -0.15) is 0 Å². The summed E-state index contributed by atoms with van der Waals surface area (Å²) in [7, 11) is -3.55. The minimum Gasteiger partial charge on any atom is -0.348 e. The Labute approximate surface area is 169 Å². The summed E-state index contributed by atoms with van der Waals surface area (Å²) in [6.07, 6.45) is 2.99. The van der Waals surface area contributed by atoms with E-state index in [1.54, 1.807) is 0 Å². The molecule has 29 heavy (non-hydrogen) atoms. The molecule has 0 heterocycles. The molecule has 0 bridgehead atoms. The fourth-order valence-corrected chi connectivity index (χ4v) is 5.75. The van der Waals surface area contributed by atoms with E-state index in [1.165, 1.54) is 12.1 Å². The molecule has 1 aliphatic rings. The summed E-state index contributed by atoms with van der Waals surface area (Å²) < 4.78 is 39.8. The Morgan fingerprint density at radius 3 is 2.45 bits per heavy atom. The lowest BCUT2D eigenvalue weighted by atomic mass is 10.1. The van der Waals surface area contributed by atoms with Gasteiger partial charge in [-0.1, -0.05) is 49.2 Å². The van der Waals surface area contributed by atoms with E-state index in [-0.39, 0.29) is 17.0 Å². The predicted molar refractivity (Wildman–Crippen MR) is 111 cm³/mol. The van der Waals surface area contributed by atoms with Gasteiger partial charge in [0.25, 0.3) is 5.91 Å². The third-order valence-electron chi connectivity index (χ3n) is 5.52. The lowest BCUT2D eigenvalue weighted by molar-refractivity contribution is 0.0946. The van der Waals surface area contributed by atoms with Crippen molar-refractivity contribution in [2.75, 3.05) is 0 Å². The van der Waals surface area contributed by atoms with Crippen LogP contribution < -0.4 is 5.32 Å². The second kappa shape index (κ2) is 7.95. The Bertz CT molecular complexity index is 1170. The number of halogens is 1. The molecule has 1 saturated carbocycles. The van der Waals surface area contributed by atoms with E-state index in [0.717, 1.165) is 35.2 Å². The monoisotopic (exact) mass is 411 g/mol. The summed E-state index contributed by atoms with van der Waals surface area (Å²) in [6.45, 7) is 0.225. The van der Waals surface area contributed by atoms with E-state index in [1.807, 2.05) is 42.5 Å². The molecule has 150 valence electrons. The highest BCUT2D eigenvalue weighted by atomic mass is 32.2. The largest absolute Gasteiger partial charge is 0.348 e. The molecule has 0 radical (unpaired) electrons. The second-order valence-electron chi connectivity index (χ2n) is 7.46. The van der Waals surface area contributed by atoms with Crippen LogP contribution in [-0.2, 0) is 16.4 Å². The van der Waals surface area contributed by atoms with Gasteiger partial charge in [0.2, 0.25) is 0 Å². The van der Waals surface area contributed by atoms with Crippen LogP contribution in [0.15, 0.2) is 65.6 Å². The van der Waals surface area contributed by atoms with Gasteiger partial charge >= 0.3 is 0 Å². The first-order valence-electron chi connectivity index (χ1n) is 9.74. The number of carbonyl (C=O) groups is 1. The van der Waals surface area contributed by atoms with Gasteiger partial charge in [-0.15, -0.1) is 0 Å². The fourth-order valence-electron chi connectivity index (χ4n) is 3.87. The van der Waals surface area contributed by atoms with Gasteiger partial charge in [0.05, 0.1) is 15.7 Å². The number of benzene rings is 3. The molecule has 6 heteroatoms. The number of sulfone groups is 1. The fraction of sp³-hybridized carbons (Fsp3) is 0.261. The molecule has 0 spiro atoms. The van der Waals surface area contributed by atoms with Crippen LogP contribution in [0.4, 0.5) is 4.39 Å². The van der Waals surface area contributed by atoms with Crippen molar-refractivity contribution in [1.82, 2.24) is 5.32 Å². The van der Waals surface area contributed by atoms with Crippen molar-refractivity contribution in [3.8, 4) is 0 Å². The Kier molecular flexibility index (Phi) is 5.37. The molecule has 0 aromatic heterocycles. The quantitative estimate of drug-likeness (QED) is 0.623. The van der Waals surface area contributed by atoms with Gasteiger partial charge in [-0.25, -0.2) is 12.8 Å². The SMILES string of the molecule is O=C(NCc1ccc2ccccc2c1)c1cc(S(=O)(=O)C2CCCC2)ccc1F. The molecule has 0 unspecified atom stereocenters. The van der Waals surface area contributed by atoms with E-state index in [0.29, 0.717) is 12.8 Å². The van der Waals surface area contributed by atoms with Crippen LogP contribution in [0.3, 0.4) is 0 Å². The lowest BCUT2D eigenvalue weighted by Gasteiger charge is -2.13. The van der Waals surface area contributed by atoms with Crippen molar-refractivity contribution in [2.24, 2.45) is 0 Å². The van der Waals surface area contributed by atoms with Gasteiger partial charge in [0.1, 0.15) is 5.82 Å². The molecule has 3 aromatic rings. The van der Waals surface area contributed by atoms with Crippen LogP contribution in [0.5, 0.6) is 0 Å². The van der Waals surface area contributed by atoms with Crippen molar-refractivity contribution >= 4 is 26.5 Å². The van der Waals surface area contributed by atoms with Crippen LogP contribution >= 0.6 is 0 Å². The van der Waals surface area contributed by atoms with Crippen LogP contribution in [-0.4, -0.2) is 19.6 Å². The number of nitrogens with one attached hydrogen (secondary N) is 1. The smallest absolute Gasteiger partial charge is 0.254 e. The molecule has 1 fully saturated rings. The van der Waals surface area contributed by atoms with Gasteiger partial charge in [-0.3, -0.25) is 4.79 Å². The third-order valence-corrected chi connectivity index (χ3v) is 7.78. The van der Waals surface area contributed by atoms with Crippen molar-refractivity contribution < 1.29 is 17.6 Å². The Balaban J connectivity index is 1.53. The predicted octanol–water partition coefficient (Wildman–Crippen LogP) is 4.63. The summed E-state index contributed by atoms with van der Waals surface area (Å²) in [5, 5.41) is 4.40. The first-order valence-corrected chi connectivity index (χ1v) is 11.3. The number of hydrogen-bond acceptors (Lipinski definition) is 3. The minimum absolute atomic E-state index is 0.0154. The van der Waals surface area contributed by atoms with Crippen molar-refractivity contribution in [1.29, 1.82) is 0 Å². The molecule has 4 rings (SSSR count). The zero-order valence-corrected chi connectivity index (χ0v) is 16.7. The zero-order chi connectivity index (χ0) is 20.4. The average molecular weight is 411 g/mol. The third kappa shape index (κ3) is 4.03. The number of rotatable bonds is 5. The van der Waals surface area contributed by atoms with Crippen molar-refractivity contribution in [3.63, 3.8) is 0 Å². The molecule has 3 aromatic carbocycles.